The van der Waals surface area contributed by atoms with Crippen molar-refractivity contribution in [3.63, 3.8) is 0 Å². The smallest absolute Gasteiger partial charge is 0.144 e. The molecule has 2 atom stereocenters. The summed E-state index contributed by atoms with van der Waals surface area (Å²) in [5.41, 5.74) is -0.839. The van der Waals surface area contributed by atoms with E-state index in [9.17, 15) is 5.11 Å². The second-order valence-electron chi connectivity index (χ2n) is 3.02. The molecule has 0 bridgehead atoms. The molecule has 1 aromatic heterocycles. The molecule has 2 rings (SSSR count). The summed E-state index contributed by atoms with van der Waals surface area (Å²) in [4.78, 5) is 4.11. The number of hydrogen-bond donors (Lipinski definition) is 1. The zero-order chi connectivity index (χ0) is 8.60. The van der Waals surface area contributed by atoms with Crippen LogP contribution in [-0.4, -0.2) is 22.8 Å². The van der Waals surface area contributed by atoms with Crippen LogP contribution in [0.5, 0.6) is 0 Å². The molecule has 2 unspecified atom stereocenters. The Labute approximate surface area is 75.0 Å². The third kappa shape index (κ3) is 1.07. The van der Waals surface area contributed by atoms with Crippen LogP contribution in [0.3, 0.4) is 0 Å². The van der Waals surface area contributed by atoms with Gasteiger partial charge in [0.1, 0.15) is 10.6 Å². The molecule has 1 N–H and O–H groups in total. The van der Waals surface area contributed by atoms with E-state index in [4.69, 9.17) is 4.74 Å². The zero-order valence-electron chi connectivity index (χ0n) is 6.86. The molecule has 12 heavy (non-hydrogen) atoms. The summed E-state index contributed by atoms with van der Waals surface area (Å²) in [6, 6.07) is 0. The zero-order valence-corrected chi connectivity index (χ0v) is 7.67. The highest BCUT2D eigenvalue weighted by atomic mass is 32.1. The maximum Gasteiger partial charge on any atom is 0.144 e. The van der Waals surface area contributed by atoms with E-state index >= 15 is 0 Å². The summed E-state index contributed by atoms with van der Waals surface area (Å²) >= 11 is 1.48. The average molecular weight is 185 g/mol. The van der Waals surface area contributed by atoms with Crippen molar-refractivity contribution in [1.29, 1.82) is 0 Å². The number of thiazole rings is 1. The molecule has 0 amide bonds. The van der Waals surface area contributed by atoms with Gasteiger partial charge in [0.15, 0.2) is 0 Å². The lowest BCUT2D eigenvalue weighted by molar-refractivity contribution is -0.0318. The molecule has 0 saturated carbocycles. The normalized spacial score (nSPS) is 35.7. The van der Waals surface area contributed by atoms with Gasteiger partial charge < -0.3 is 9.84 Å². The van der Waals surface area contributed by atoms with E-state index < -0.39 is 5.60 Å². The minimum absolute atomic E-state index is 0.136. The van der Waals surface area contributed by atoms with E-state index in [0.717, 1.165) is 5.01 Å². The van der Waals surface area contributed by atoms with Gasteiger partial charge in [-0.25, -0.2) is 4.98 Å². The number of nitrogens with zero attached hydrogens (tertiary/aromatic N) is 1. The molecule has 1 aliphatic rings. The van der Waals surface area contributed by atoms with Crippen molar-refractivity contribution < 1.29 is 9.84 Å². The monoisotopic (exact) mass is 185 g/mol. The Bertz CT molecular complexity index is 262. The molecule has 3 nitrogen and oxygen atoms in total. The Balaban J connectivity index is 2.32. The summed E-state index contributed by atoms with van der Waals surface area (Å²) in [5, 5.41) is 12.8. The lowest BCUT2D eigenvalue weighted by Crippen LogP contribution is -2.32. The fourth-order valence-corrected chi connectivity index (χ4v) is 2.29. The van der Waals surface area contributed by atoms with Crippen molar-refractivity contribution in [1.82, 2.24) is 4.98 Å². The second-order valence-corrected chi connectivity index (χ2v) is 3.92. The molecule has 2 heterocycles. The first-order valence-corrected chi connectivity index (χ1v) is 4.85. The quantitative estimate of drug-likeness (QED) is 0.713. The molecule has 66 valence electrons. The van der Waals surface area contributed by atoms with Crippen LogP contribution in [0.1, 0.15) is 18.4 Å². The lowest BCUT2D eigenvalue weighted by Gasteiger charge is -2.22. The summed E-state index contributed by atoms with van der Waals surface area (Å²) in [6.07, 6.45) is 2.23. The van der Waals surface area contributed by atoms with Crippen LogP contribution in [-0.2, 0) is 10.3 Å². The van der Waals surface area contributed by atoms with Crippen molar-refractivity contribution in [2.45, 2.75) is 25.0 Å². The summed E-state index contributed by atoms with van der Waals surface area (Å²) in [7, 11) is 0. The largest absolute Gasteiger partial charge is 0.380 e. The van der Waals surface area contributed by atoms with Gasteiger partial charge in [-0.3, -0.25) is 0 Å². The molecule has 1 aromatic rings. The minimum Gasteiger partial charge on any atom is -0.380 e. The highest BCUT2D eigenvalue weighted by Gasteiger charge is 2.43. The molecule has 0 aliphatic carbocycles. The molecule has 0 aromatic carbocycles. The van der Waals surface area contributed by atoms with Gasteiger partial charge in [-0.05, 0) is 6.92 Å². The Morgan fingerprint density at radius 3 is 3.17 bits per heavy atom. The fourth-order valence-electron chi connectivity index (χ4n) is 1.45. The van der Waals surface area contributed by atoms with Crippen molar-refractivity contribution in [2.75, 3.05) is 6.61 Å². The first-order valence-electron chi connectivity index (χ1n) is 3.97. The first-order chi connectivity index (χ1) is 5.73. The minimum atomic E-state index is -0.839. The molecule has 1 fully saturated rings. The maximum atomic E-state index is 10.1. The molecular weight excluding hydrogens is 174 g/mol. The fraction of sp³-hybridized carbons (Fsp3) is 0.625. The third-order valence-electron chi connectivity index (χ3n) is 2.33. The average Bonchev–Trinajstić information content (AvgIpc) is 2.62. The number of rotatable bonds is 1. The predicted octanol–water partition coefficient (Wildman–Crippen LogP) is 1.14. The van der Waals surface area contributed by atoms with Crippen LogP contribution in [0, 0.1) is 0 Å². The van der Waals surface area contributed by atoms with Crippen LogP contribution < -0.4 is 0 Å². The van der Waals surface area contributed by atoms with E-state index in [1.54, 1.807) is 6.20 Å². The summed E-state index contributed by atoms with van der Waals surface area (Å²) in [5.74, 6) is 0. The summed E-state index contributed by atoms with van der Waals surface area (Å²) in [6.45, 7) is 2.51. The Kier molecular flexibility index (Phi) is 1.90. The van der Waals surface area contributed by atoms with Crippen molar-refractivity contribution in [3.8, 4) is 0 Å². The van der Waals surface area contributed by atoms with Crippen molar-refractivity contribution in [3.05, 3.63) is 16.6 Å². The Morgan fingerprint density at radius 2 is 2.67 bits per heavy atom. The number of aliphatic hydroxyl groups is 1. The van der Waals surface area contributed by atoms with E-state index in [2.05, 4.69) is 4.98 Å². The molecule has 1 saturated heterocycles. The van der Waals surface area contributed by atoms with Gasteiger partial charge in [-0.2, -0.15) is 0 Å². The third-order valence-corrected chi connectivity index (χ3v) is 3.27. The molecule has 4 heteroatoms. The highest BCUT2D eigenvalue weighted by molar-refractivity contribution is 7.09. The Morgan fingerprint density at radius 1 is 1.83 bits per heavy atom. The van der Waals surface area contributed by atoms with Crippen LogP contribution in [0.2, 0.25) is 0 Å². The van der Waals surface area contributed by atoms with E-state index in [1.807, 2.05) is 12.3 Å². The standard InChI is InChI=1S/C8H11NO2S/c1-6-8(10,2-4-11-6)7-9-3-5-12-7/h3,5-6,10H,2,4H2,1H3. The number of aromatic nitrogens is 1. The van der Waals surface area contributed by atoms with Crippen LogP contribution >= 0.6 is 11.3 Å². The molecular formula is C8H11NO2S. The second kappa shape index (κ2) is 2.80. The number of hydrogen-bond acceptors (Lipinski definition) is 4. The highest BCUT2D eigenvalue weighted by Crippen LogP contribution is 2.36. The van der Waals surface area contributed by atoms with Gasteiger partial charge >= 0.3 is 0 Å². The van der Waals surface area contributed by atoms with E-state index in [0.29, 0.717) is 13.0 Å². The Hall–Kier alpha value is -0.450. The lowest BCUT2D eigenvalue weighted by atomic mass is 9.98. The van der Waals surface area contributed by atoms with Crippen LogP contribution in [0.15, 0.2) is 11.6 Å². The molecule has 1 aliphatic heterocycles. The van der Waals surface area contributed by atoms with E-state index in [1.165, 1.54) is 11.3 Å². The van der Waals surface area contributed by atoms with Gasteiger partial charge in [0.05, 0.1) is 12.7 Å². The van der Waals surface area contributed by atoms with Gasteiger partial charge in [0.25, 0.3) is 0 Å². The van der Waals surface area contributed by atoms with Gasteiger partial charge in [0.2, 0.25) is 0 Å². The van der Waals surface area contributed by atoms with Gasteiger partial charge in [-0.15, -0.1) is 11.3 Å². The van der Waals surface area contributed by atoms with Gasteiger partial charge in [0, 0.05) is 18.0 Å². The topological polar surface area (TPSA) is 42.4 Å². The maximum absolute atomic E-state index is 10.1. The first kappa shape index (κ1) is 8.16. The van der Waals surface area contributed by atoms with Crippen LogP contribution in [0.25, 0.3) is 0 Å². The van der Waals surface area contributed by atoms with Crippen molar-refractivity contribution >= 4 is 11.3 Å². The predicted molar refractivity (Wildman–Crippen MR) is 46.0 cm³/mol. The number of ether oxygens (including phenoxy) is 1. The van der Waals surface area contributed by atoms with Crippen molar-refractivity contribution in [2.24, 2.45) is 0 Å². The molecule has 0 spiro atoms. The van der Waals surface area contributed by atoms with E-state index in [-0.39, 0.29) is 6.10 Å². The van der Waals surface area contributed by atoms with Gasteiger partial charge in [-0.1, -0.05) is 0 Å². The molecule has 0 radical (unpaired) electrons. The SMILES string of the molecule is CC1OCCC1(O)c1nccs1. The summed E-state index contributed by atoms with van der Waals surface area (Å²) < 4.78 is 5.31. The van der Waals surface area contributed by atoms with Crippen LogP contribution in [0.4, 0.5) is 0 Å².